The fourth-order valence-corrected chi connectivity index (χ4v) is 1.26. The Hall–Kier alpha value is -1.24. The first-order valence-electron chi connectivity index (χ1n) is 4.48. The molecular formula is C9H14BNO4. The predicted molar refractivity (Wildman–Crippen MR) is 56.3 cm³/mol. The number of rotatable bonds is 4. The van der Waals surface area contributed by atoms with Crippen LogP contribution in [0, 0.1) is 0 Å². The highest BCUT2D eigenvalue weighted by molar-refractivity contribution is 6.33. The Morgan fingerprint density at radius 2 is 2.00 bits per heavy atom. The van der Waals surface area contributed by atoms with Gasteiger partial charge in [0.1, 0.15) is 11.5 Å². The molecule has 0 unspecified atom stereocenters. The minimum atomic E-state index is -1.85. The van der Waals surface area contributed by atoms with Gasteiger partial charge in [0.05, 0.1) is 0 Å². The molecule has 0 bridgehead atoms. The molecule has 0 fully saturated rings. The van der Waals surface area contributed by atoms with Crippen LogP contribution in [0.4, 0.5) is 0 Å². The highest BCUT2D eigenvalue weighted by Gasteiger charge is 2.14. The number of benzene rings is 1. The zero-order chi connectivity index (χ0) is 11.4. The second-order valence-electron chi connectivity index (χ2n) is 3.47. The Labute approximate surface area is 88.7 Å². The average molecular weight is 211 g/mol. The van der Waals surface area contributed by atoms with E-state index in [-0.39, 0.29) is 5.75 Å². The van der Waals surface area contributed by atoms with Crippen molar-refractivity contribution < 1.29 is 19.8 Å². The van der Waals surface area contributed by atoms with E-state index < -0.39 is 7.32 Å². The van der Waals surface area contributed by atoms with Gasteiger partial charge < -0.3 is 24.7 Å². The zero-order valence-corrected chi connectivity index (χ0v) is 8.71. The molecule has 0 atom stereocenters. The van der Waals surface area contributed by atoms with Crippen LogP contribution in [0.2, 0.25) is 0 Å². The van der Waals surface area contributed by atoms with Crippen LogP contribution >= 0.6 is 0 Å². The van der Waals surface area contributed by atoms with Gasteiger partial charge in [-0.05, 0) is 32.3 Å². The minimum Gasteiger partial charge on any atom is -0.512 e. The van der Waals surface area contributed by atoms with Crippen LogP contribution in [0.25, 0.3) is 0 Å². The van der Waals surface area contributed by atoms with Crippen LogP contribution in [-0.2, 0) is 6.54 Å². The first-order chi connectivity index (χ1) is 6.99. The summed E-state index contributed by atoms with van der Waals surface area (Å²) < 4.78 is 4.77. The molecule has 0 heterocycles. The van der Waals surface area contributed by atoms with Gasteiger partial charge in [-0.2, -0.15) is 0 Å². The molecule has 0 saturated heterocycles. The molecule has 1 aromatic carbocycles. The second kappa shape index (κ2) is 5.02. The summed E-state index contributed by atoms with van der Waals surface area (Å²) in [5.41, 5.74) is 0.688. The average Bonchev–Trinajstić information content (AvgIpc) is 2.08. The van der Waals surface area contributed by atoms with Crippen LogP contribution < -0.4 is 4.65 Å². The Kier molecular flexibility index (Phi) is 3.96. The van der Waals surface area contributed by atoms with E-state index in [2.05, 4.69) is 0 Å². The molecule has 6 heteroatoms. The maximum absolute atomic E-state index is 9.29. The lowest BCUT2D eigenvalue weighted by molar-refractivity contribution is 0.284. The van der Waals surface area contributed by atoms with Crippen molar-refractivity contribution in [2.75, 3.05) is 14.1 Å². The fraction of sp³-hybridized carbons (Fsp3) is 0.333. The lowest BCUT2D eigenvalue weighted by atomic mass is 10.1. The zero-order valence-electron chi connectivity index (χ0n) is 8.71. The highest BCUT2D eigenvalue weighted by Crippen LogP contribution is 2.24. The Bertz CT molecular complexity index is 330. The molecule has 82 valence electrons. The molecule has 1 rings (SSSR count). The molecule has 0 aromatic heterocycles. The molecule has 3 N–H and O–H groups in total. The maximum Gasteiger partial charge on any atom is 0.707 e. The Balaban J connectivity index is 2.92. The first-order valence-corrected chi connectivity index (χ1v) is 4.48. The summed E-state index contributed by atoms with van der Waals surface area (Å²) in [7, 11) is 1.88. The summed E-state index contributed by atoms with van der Waals surface area (Å²) >= 11 is 0. The van der Waals surface area contributed by atoms with E-state index in [4.69, 9.17) is 14.7 Å². The van der Waals surface area contributed by atoms with E-state index in [1.807, 2.05) is 19.0 Å². The van der Waals surface area contributed by atoms with E-state index in [0.717, 1.165) is 0 Å². The number of aromatic hydroxyl groups is 1. The highest BCUT2D eigenvalue weighted by atomic mass is 16.6. The van der Waals surface area contributed by atoms with E-state index in [0.29, 0.717) is 17.9 Å². The smallest absolute Gasteiger partial charge is 0.512 e. The lowest BCUT2D eigenvalue weighted by Gasteiger charge is -2.15. The van der Waals surface area contributed by atoms with Crippen molar-refractivity contribution in [3.63, 3.8) is 0 Å². The number of phenolic OH excluding ortho intramolecular Hbond substituents is 1. The van der Waals surface area contributed by atoms with Gasteiger partial charge in [-0.15, -0.1) is 0 Å². The van der Waals surface area contributed by atoms with Crippen LogP contribution in [0.15, 0.2) is 18.2 Å². The SMILES string of the molecule is CN(C)Cc1cc(O)ccc1OB(O)O. The molecule has 15 heavy (non-hydrogen) atoms. The van der Waals surface area contributed by atoms with Crippen LogP contribution in [0.5, 0.6) is 11.5 Å². The van der Waals surface area contributed by atoms with Crippen molar-refractivity contribution in [2.24, 2.45) is 0 Å². The monoisotopic (exact) mass is 211 g/mol. The number of hydrogen-bond acceptors (Lipinski definition) is 5. The van der Waals surface area contributed by atoms with Gasteiger partial charge in [-0.1, -0.05) is 0 Å². The third kappa shape index (κ3) is 3.79. The first kappa shape index (κ1) is 11.8. The number of phenols is 1. The third-order valence-electron chi connectivity index (χ3n) is 1.76. The van der Waals surface area contributed by atoms with Gasteiger partial charge in [0.2, 0.25) is 0 Å². The molecule has 0 aliphatic rings. The molecule has 5 nitrogen and oxygen atoms in total. The molecule has 0 radical (unpaired) electrons. The largest absolute Gasteiger partial charge is 0.707 e. The van der Waals surface area contributed by atoms with Crippen molar-refractivity contribution >= 4 is 7.32 Å². The van der Waals surface area contributed by atoms with Crippen LogP contribution in [0.3, 0.4) is 0 Å². The molecule has 0 saturated carbocycles. The quantitative estimate of drug-likeness (QED) is 0.601. The second-order valence-corrected chi connectivity index (χ2v) is 3.47. The van der Waals surface area contributed by atoms with E-state index in [9.17, 15) is 5.11 Å². The molecule has 1 aromatic rings. The number of hydrogen-bond donors (Lipinski definition) is 3. The molecule has 0 amide bonds. The van der Waals surface area contributed by atoms with E-state index >= 15 is 0 Å². The normalized spacial score (nSPS) is 10.5. The summed E-state index contributed by atoms with van der Waals surface area (Å²) in [6.45, 7) is 0.538. The van der Waals surface area contributed by atoms with Crippen molar-refractivity contribution in [2.45, 2.75) is 6.54 Å². The van der Waals surface area contributed by atoms with Crippen molar-refractivity contribution in [3.05, 3.63) is 23.8 Å². The van der Waals surface area contributed by atoms with Gasteiger partial charge in [0, 0.05) is 12.1 Å². The molecular weight excluding hydrogens is 197 g/mol. The minimum absolute atomic E-state index is 0.117. The molecule has 0 aliphatic heterocycles. The van der Waals surface area contributed by atoms with Crippen LogP contribution in [0.1, 0.15) is 5.56 Å². The predicted octanol–water partition coefficient (Wildman–Crippen LogP) is -0.198. The molecule has 0 spiro atoms. The third-order valence-corrected chi connectivity index (χ3v) is 1.76. The van der Waals surface area contributed by atoms with E-state index in [1.165, 1.54) is 18.2 Å². The Morgan fingerprint density at radius 1 is 1.33 bits per heavy atom. The van der Waals surface area contributed by atoms with Crippen molar-refractivity contribution in [1.82, 2.24) is 4.90 Å². The lowest BCUT2D eigenvalue weighted by Crippen LogP contribution is -2.22. The van der Waals surface area contributed by atoms with Crippen LogP contribution in [-0.4, -0.2) is 41.5 Å². The Morgan fingerprint density at radius 3 is 2.53 bits per heavy atom. The number of nitrogens with zero attached hydrogens (tertiary/aromatic N) is 1. The summed E-state index contributed by atoms with van der Waals surface area (Å²) in [5, 5.41) is 26.7. The van der Waals surface area contributed by atoms with Gasteiger partial charge >= 0.3 is 7.32 Å². The van der Waals surface area contributed by atoms with Gasteiger partial charge in [0.15, 0.2) is 0 Å². The van der Waals surface area contributed by atoms with Gasteiger partial charge in [0.25, 0.3) is 0 Å². The van der Waals surface area contributed by atoms with E-state index in [1.54, 1.807) is 0 Å². The maximum atomic E-state index is 9.29. The van der Waals surface area contributed by atoms with Crippen molar-refractivity contribution in [3.8, 4) is 11.5 Å². The fourth-order valence-electron chi connectivity index (χ4n) is 1.26. The summed E-state index contributed by atoms with van der Waals surface area (Å²) in [4.78, 5) is 1.88. The molecule has 0 aliphatic carbocycles. The van der Waals surface area contributed by atoms with Gasteiger partial charge in [-0.3, -0.25) is 0 Å². The summed E-state index contributed by atoms with van der Waals surface area (Å²) in [6, 6.07) is 4.45. The van der Waals surface area contributed by atoms with Gasteiger partial charge in [-0.25, -0.2) is 0 Å². The summed E-state index contributed by atoms with van der Waals surface area (Å²) in [5.74, 6) is 0.461. The van der Waals surface area contributed by atoms with Crippen molar-refractivity contribution in [1.29, 1.82) is 0 Å². The standard InChI is InChI=1S/C9H14BNO4/c1-11(2)6-7-5-8(12)3-4-9(7)15-10(13)14/h3-5,12-14H,6H2,1-2H3. The topological polar surface area (TPSA) is 73.2 Å². The summed E-state index contributed by atoms with van der Waals surface area (Å²) in [6.07, 6.45) is 0.